The maximum atomic E-state index is 12.9. The van der Waals surface area contributed by atoms with E-state index in [1.165, 1.54) is 6.07 Å². The Kier molecular flexibility index (Phi) is 8.66. The van der Waals surface area contributed by atoms with Gasteiger partial charge < -0.3 is 9.64 Å². The number of hydrogen-bond acceptors (Lipinski definition) is 5. The molecule has 0 radical (unpaired) electrons. The lowest BCUT2D eigenvalue weighted by Crippen LogP contribution is -2.54. The Labute approximate surface area is 197 Å². The van der Waals surface area contributed by atoms with Crippen molar-refractivity contribution in [1.29, 1.82) is 0 Å². The first-order valence-corrected chi connectivity index (χ1v) is 12.8. The highest BCUT2D eigenvalue weighted by atomic mass is 32.2. The van der Waals surface area contributed by atoms with Gasteiger partial charge >= 0.3 is 0 Å². The fourth-order valence-corrected chi connectivity index (χ4v) is 5.07. The van der Waals surface area contributed by atoms with Crippen molar-refractivity contribution in [3.63, 3.8) is 0 Å². The molecule has 1 saturated heterocycles. The zero-order valence-electron chi connectivity index (χ0n) is 19.5. The van der Waals surface area contributed by atoms with Crippen LogP contribution in [0.15, 0.2) is 59.5 Å². The number of rotatable bonds is 9. The Balaban J connectivity index is 1.51. The highest BCUT2D eigenvalue weighted by Crippen LogP contribution is 2.22. The molecule has 7 nitrogen and oxygen atoms in total. The third-order valence-corrected chi connectivity index (χ3v) is 7.15. The van der Waals surface area contributed by atoms with Crippen LogP contribution in [-0.4, -0.2) is 69.5 Å². The van der Waals surface area contributed by atoms with E-state index in [1.54, 1.807) is 30.9 Å². The first-order valence-electron chi connectivity index (χ1n) is 11.3. The molecule has 1 atom stereocenters. The highest BCUT2D eigenvalue weighted by molar-refractivity contribution is 7.89. The van der Waals surface area contributed by atoms with Crippen molar-refractivity contribution >= 4 is 22.0 Å². The average Bonchev–Trinajstić information content (AvgIpc) is 2.81. The Hall–Kier alpha value is -2.68. The van der Waals surface area contributed by atoms with Crippen molar-refractivity contribution in [3.05, 3.63) is 65.7 Å². The molecule has 0 bridgehead atoms. The van der Waals surface area contributed by atoms with Gasteiger partial charge in [-0.3, -0.25) is 9.69 Å². The van der Waals surface area contributed by atoms with Crippen LogP contribution in [0.4, 0.5) is 0 Å². The van der Waals surface area contributed by atoms with Crippen LogP contribution in [0.5, 0.6) is 5.75 Å². The van der Waals surface area contributed by atoms with Crippen LogP contribution < -0.4 is 9.46 Å². The normalized spacial score (nSPS) is 16.2. The standard InChI is InChI=1S/C25H33N3O4S/c1-4-32-24-13-12-23(19-20(24)2)33(30,31)26-21(3)25(29)28-17-15-27(16-18-28)14-8-11-22-9-6-5-7-10-22/h5-13,19,21,26H,4,14-18H2,1-3H3/b11-8+/t21-/m0/s1. The molecule has 8 heteroatoms. The molecule has 2 aromatic rings. The van der Waals surface area contributed by atoms with Gasteiger partial charge in [0.25, 0.3) is 0 Å². The van der Waals surface area contributed by atoms with Gasteiger partial charge in [-0.15, -0.1) is 0 Å². The molecule has 1 amide bonds. The molecule has 0 spiro atoms. The van der Waals surface area contributed by atoms with Crippen molar-refractivity contribution in [2.24, 2.45) is 0 Å². The van der Waals surface area contributed by atoms with Crippen molar-refractivity contribution in [2.45, 2.75) is 31.7 Å². The first-order chi connectivity index (χ1) is 15.8. The summed E-state index contributed by atoms with van der Waals surface area (Å²) in [6, 6.07) is 14.0. The summed E-state index contributed by atoms with van der Waals surface area (Å²) in [5, 5.41) is 0. The summed E-state index contributed by atoms with van der Waals surface area (Å²) >= 11 is 0. The molecule has 1 aliphatic heterocycles. The van der Waals surface area contributed by atoms with Gasteiger partial charge in [-0.2, -0.15) is 4.72 Å². The fraction of sp³-hybridized carbons (Fsp3) is 0.400. The van der Waals surface area contributed by atoms with Crippen molar-refractivity contribution in [1.82, 2.24) is 14.5 Å². The molecule has 1 N–H and O–H groups in total. The van der Waals surface area contributed by atoms with E-state index in [9.17, 15) is 13.2 Å². The zero-order valence-corrected chi connectivity index (χ0v) is 20.3. The molecule has 0 saturated carbocycles. The van der Waals surface area contributed by atoms with Crippen LogP contribution in [0.3, 0.4) is 0 Å². The summed E-state index contributed by atoms with van der Waals surface area (Å²) in [6.07, 6.45) is 4.22. The zero-order chi connectivity index (χ0) is 23.8. The van der Waals surface area contributed by atoms with E-state index in [1.807, 2.05) is 25.1 Å². The van der Waals surface area contributed by atoms with E-state index in [0.29, 0.717) is 25.4 Å². The molecule has 33 heavy (non-hydrogen) atoms. The van der Waals surface area contributed by atoms with E-state index >= 15 is 0 Å². The molecule has 1 heterocycles. The van der Waals surface area contributed by atoms with Gasteiger partial charge in [0.2, 0.25) is 15.9 Å². The molecular formula is C25H33N3O4S. The number of benzene rings is 2. The van der Waals surface area contributed by atoms with Gasteiger partial charge in [0.1, 0.15) is 5.75 Å². The molecule has 1 aliphatic rings. The number of sulfonamides is 1. The first kappa shape index (κ1) is 25.0. The third-order valence-electron chi connectivity index (χ3n) is 5.62. The second-order valence-electron chi connectivity index (χ2n) is 8.14. The van der Waals surface area contributed by atoms with Crippen LogP contribution >= 0.6 is 0 Å². The number of nitrogens with zero attached hydrogens (tertiary/aromatic N) is 2. The average molecular weight is 472 g/mol. The van der Waals surface area contributed by atoms with Crippen LogP contribution in [0.25, 0.3) is 6.08 Å². The summed E-state index contributed by atoms with van der Waals surface area (Å²) in [5.41, 5.74) is 1.89. The van der Waals surface area contributed by atoms with Crippen LogP contribution in [0.2, 0.25) is 0 Å². The Morgan fingerprint density at radius 1 is 1.12 bits per heavy atom. The molecule has 3 rings (SSSR count). The lowest BCUT2D eigenvalue weighted by Gasteiger charge is -2.35. The monoisotopic (exact) mass is 471 g/mol. The molecule has 0 unspecified atom stereocenters. The molecular weight excluding hydrogens is 438 g/mol. The maximum absolute atomic E-state index is 12.9. The van der Waals surface area contributed by atoms with Gasteiger partial charge in [0.15, 0.2) is 0 Å². The fourth-order valence-electron chi connectivity index (χ4n) is 3.78. The number of nitrogens with one attached hydrogen (secondary N) is 1. The van der Waals surface area contributed by atoms with Crippen molar-refractivity contribution < 1.29 is 17.9 Å². The van der Waals surface area contributed by atoms with E-state index in [4.69, 9.17) is 4.74 Å². The summed E-state index contributed by atoms with van der Waals surface area (Å²) in [6.45, 7) is 9.25. The number of piperazine rings is 1. The minimum atomic E-state index is -3.82. The molecule has 178 valence electrons. The number of hydrogen-bond donors (Lipinski definition) is 1. The highest BCUT2D eigenvalue weighted by Gasteiger charge is 2.28. The van der Waals surface area contributed by atoms with Gasteiger partial charge in [-0.1, -0.05) is 42.5 Å². The summed E-state index contributed by atoms with van der Waals surface area (Å²) in [5.74, 6) is 0.442. The van der Waals surface area contributed by atoms with E-state index in [0.717, 1.165) is 30.8 Å². The molecule has 1 fully saturated rings. The van der Waals surface area contributed by atoms with Crippen LogP contribution in [0, 0.1) is 6.92 Å². The number of carbonyl (C=O) groups excluding carboxylic acids is 1. The predicted octanol–water partition coefficient (Wildman–Crippen LogP) is 2.92. The summed E-state index contributed by atoms with van der Waals surface area (Å²) in [4.78, 5) is 17.0. The molecule has 0 aliphatic carbocycles. The minimum Gasteiger partial charge on any atom is -0.494 e. The summed E-state index contributed by atoms with van der Waals surface area (Å²) in [7, 11) is -3.82. The maximum Gasteiger partial charge on any atom is 0.241 e. The van der Waals surface area contributed by atoms with Crippen molar-refractivity contribution in [2.75, 3.05) is 39.3 Å². The second-order valence-corrected chi connectivity index (χ2v) is 9.86. The number of aryl methyl sites for hydroxylation is 1. The number of amides is 1. The van der Waals surface area contributed by atoms with Crippen molar-refractivity contribution in [3.8, 4) is 5.75 Å². The van der Waals surface area contributed by atoms with Gasteiger partial charge in [0.05, 0.1) is 17.5 Å². The Morgan fingerprint density at radius 3 is 2.45 bits per heavy atom. The van der Waals surface area contributed by atoms with Gasteiger partial charge in [0, 0.05) is 32.7 Å². The van der Waals surface area contributed by atoms with Gasteiger partial charge in [-0.25, -0.2) is 8.42 Å². The van der Waals surface area contributed by atoms with Gasteiger partial charge in [-0.05, 0) is 50.1 Å². The predicted molar refractivity (Wildman–Crippen MR) is 131 cm³/mol. The Morgan fingerprint density at radius 2 is 1.82 bits per heavy atom. The minimum absolute atomic E-state index is 0.123. The SMILES string of the molecule is CCOc1ccc(S(=O)(=O)N[C@@H](C)C(=O)N2CCN(C/C=C/c3ccccc3)CC2)cc1C. The van der Waals surface area contributed by atoms with E-state index < -0.39 is 16.1 Å². The molecule has 0 aromatic heterocycles. The van der Waals surface area contributed by atoms with Crippen LogP contribution in [0.1, 0.15) is 25.0 Å². The Bertz CT molecular complexity index is 1060. The second kappa shape index (κ2) is 11.4. The van der Waals surface area contributed by atoms with Crippen LogP contribution in [-0.2, 0) is 14.8 Å². The topological polar surface area (TPSA) is 78.9 Å². The summed E-state index contributed by atoms with van der Waals surface area (Å²) < 4.78 is 33.6. The largest absolute Gasteiger partial charge is 0.494 e. The quantitative estimate of drug-likeness (QED) is 0.608. The third kappa shape index (κ3) is 6.90. The van der Waals surface area contributed by atoms with E-state index in [2.05, 4.69) is 33.9 Å². The molecule has 2 aromatic carbocycles. The lowest BCUT2D eigenvalue weighted by atomic mass is 10.2. The number of carbonyl (C=O) groups is 1. The van der Waals surface area contributed by atoms with E-state index in [-0.39, 0.29) is 10.8 Å². The number of ether oxygens (including phenoxy) is 1. The smallest absolute Gasteiger partial charge is 0.241 e. The lowest BCUT2D eigenvalue weighted by molar-refractivity contribution is -0.134.